The van der Waals surface area contributed by atoms with Crippen LogP contribution >= 0.6 is 22.7 Å². The van der Waals surface area contributed by atoms with Crippen molar-refractivity contribution in [3.63, 3.8) is 0 Å². The number of hydrogen-bond donors (Lipinski definition) is 4. The molecule has 0 bridgehead atoms. The number of carbonyl (C=O) groups excluding carboxylic acids is 4. The Labute approximate surface area is 193 Å². The first kappa shape index (κ1) is 22.5. The minimum Gasteiger partial charge on any atom is -0.365 e. The minimum absolute atomic E-state index is 0.288. The quantitative estimate of drug-likeness (QED) is 0.505. The fraction of sp³-hybridized carbons (Fsp3) is 0.455. The van der Waals surface area contributed by atoms with Gasteiger partial charge in [-0.25, -0.2) is 0 Å². The van der Waals surface area contributed by atoms with Gasteiger partial charge in [0.05, 0.1) is 11.1 Å². The molecule has 4 amide bonds. The number of carbonyl (C=O) groups is 4. The Morgan fingerprint density at radius 3 is 1.47 bits per heavy atom. The molecule has 2 unspecified atom stereocenters. The lowest BCUT2D eigenvalue weighted by molar-refractivity contribution is -0.132. The summed E-state index contributed by atoms with van der Waals surface area (Å²) in [5, 5.41) is 5.71. The molecule has 0 fully saturated rings. The lowest BCUT2D eigenvalue weighted by Crippen LogP contribution is -2.30. The Kier molecular flexibility index (Phi) is 6.09. The number of anilines is 2. The number of thiophene rings is 2. The van der Waals surface area contributed by atoms with Crippen molar-refractivity contribution in [1.29, 1.82) is 0 Å². The second kappa shape index (κ2) is 8.67. The summed E-state index contributed by atoms with van der Waals surface area (Å²) < 4.78 is 0. The van der Waals surface area contributed by atoms with E-state index in [2.05, 4.69) is 24.5 Å². The van der Waals surface area contributed by atoms with Crippen LogP contribution < -0.4 is 22.1 Å². The van der Waals surface area contributed by atoms with E-state index in [1.165, 1.54) is 22.7 Å². The van der Waals surface area contributed by atoms with Crippen LogP contribution in [0.1, 0.15) is 68.3 Å². The molecule has 2 aliphatic rings. The van der Waals surface area contributed by atoms with Crippen molar-refractivity contribution in [2.75, 3.05) is 10.6 Å². The molecular formula is C22H26N4O4S2. The Hall–Kier alpha value is -2.72. The van der Waals surface area contributed by atoms with Crippen molar-refractivity contribution in [2.45, 2.75) is 52.4 Å². The molecule has 2 atom stereocenters. The Bertz CT molecular complexity index is 1050. The number of nitrogens with one attached hydrogen (secondary N) is 2. The van der Waals surface area contributed by atoms with Gasteiger partial charge in [-0.2, -0.15) is 0 Å². The molecule has 170 valence electrons. The van der Waals surface area contributed by atoms with Crippen molar-refractivity contribution in [1.82, 2.24) is 0 Å². The summed E-state index contributed by atoms with van der Waals surface area (Å²) in [6.07, 6.45) is 4.93. The molecule has 0 saturated heterocycles. The molecule has 6 N–H and O–H groups in total. The van der Waals surface area contributed by atoms with Gasteiger partial charge in [0.15, 0.2) is 0 Å². The molecule has 0 spiro atoms. The van der Waals surface area contributed by atoms with Gasteiger partial charge < -0.3 is 22.1 Å². The number of nitrogens with two attached hydrogens (primary N) is 2. The molecule has 2 aromatic heterocycles. The van der Waals surface area contributed by atoms with Crippen LogP contribution in [-0.2, 0) is 35.3 Å². The number of rotatable bonds is 4. The molecular weight excluding hydrogens is 448 g/mol. The summed E-state index contributed by atoms with van der Waals surface area (Å²) in [6, 6.07) is 0. The molecule has 8 nitrogen and oxygen atoms in total. The Balaban J connectivity index is 1.56. The molecule has 2 aromatic rings. The summed E-state index contributed by atoms with van der Waals surface area (Å²) >= 11 is 2.58. The summed E-state index contributed by atoms with van der Waals surface area (Å²) in [6.45, 7) is 4.27. The number of hydrogen-bond acceptors (Lipinski definition) is 6. The zero-order valence-electron chi connectivity index (χ0n) is 18.0. The van der Waals surface area contributed by atoms with Crippen molar-refractivity contribution >= 4 is 56.3 Å². The SMILES string of the molecule is CC1CCc2c(sc(NC(=O)C(=O)Nc3sc4c(c3C(N)=O)CCC(C)C4)c2C(N)=O)C1. The highest BCUT2D eigenvalue weighted by Gasteiger charge is 2.30. The first-order valence-corrected chi connectivity index (χ1v) is 12.3. The van der Waals surface area contributed by atoms with Crippen molar-refractivity contribution < 1.29 is 19.2 Å². The van der Waals surface area contributed by atoms with E-state index in [0.29, 0.717) is 34.7 Å². The van der Waals surface area contributed by atoms with Gasteiger partial charge in [-0.3, -0.25) is 19.2 Å². The minimum atomic E-state index is -0.922. The maximum atomic E-state index is 12.7. The molecule has 0 saturated carbocycles. The van der Waals surface area contributed by atoms with E-state index in [9.17, 15) is 19.2 Å². The molecule has 0 aromatic carbocycles. The van der Waals surface area contributed by atoms with Crippen LogP contribution in [0.3, 0.4) is 0 Å². The third kappa shape index (κ3) is 4.16. The van der Waals surface area contributed by atoms with Gasteiger partial charge >= 0.3 is 11.8 Å². The molecule has 4 rings (SSSR count). The highest BCUT2D eigenvalue weighted by Crippen LogP contribution is 2.41. The fourth-order valence-electron chi connectivity index (χ4n) is 4.52. The van der Waals surface area contributed by atoms with Crippen LogP contribution in [0.15, 0.2) is 0 Å². The van der Waals surface area contributed by atoms with E-state index < -0.39 is 23.6 Å². The molecule has 2 aliphatic carbocycles. The normalized spacial score (nSPS) is 19.6. The van der Waals surface area contributed by atoms with Crippen molar-refractivity contribution in [2.24, 2.45) is 23.3 Å². The first-order valence-electron chi connectivity index (χ1n) is 10.7. The molecule has 2 heterocycles. The van der Waals surface area contributed by atoms with Crippen molar-refractivity contribution in [3.05, 3.63) is 32.0 Å². The van der Waals surface area contributed by atoms with Gasteiger partial charge in [0.25, 0.3) is 11.8 Å². The fourth-order valence-corrected chi connectivity index (χ4v) is 7.34. The van der Waals surface area contributed by atoms with Gasteiger partial charge in [0.1, 0.15) is 10.0 Å². The summed E-state index contributed by atoms with van der Waals surface area (Å²) in [5.41, 5.74) is 13.5. The Morgan fingerprint density at radius 2 is 1.12 bits per heavy atom. The molecule has 0 aliphatic heterocycles. The highest BCUT2D eigenvalue weighted by molar-refractivity contribution is 7.17. The predicted molar refractivity (Wildman–Crippen MR) is 125 cm³/mol. The van der Waals surface area contributed by atoms with Crippen LogP contribution in [-0.4, -0.2) is 23.6 Å². The van der Waals surface area contributed by atoms with E-state index in [0.717, 1.165) is 46.6 Å². The van der Waals surface area contributed by atoms with Gasteiger partial charge in [0, 0.05) is 9.75 Å². The maximum absolute atomic E-state index is 12.7. The standard InChI is InChI=1S/C22H26N4O4S2/c1-9-3-5-11-13(7-9)31-21(15(11)17(23)27)25-19(29)20(30)26-22-16(18(24)28)12-6-4-10(2)8-14(12)32-22/h9-10H,3-8H2,1-2H3,(H2,23,27)(H2,24,28)(H,25,29)(H,26,30). The summed E-state index contributed by atoms with van der Waals surface area (Å²) in [7, 11) is 0. The monoisotopic (exact) mass is 474 g/mol. The van der Waals surface area contributed by atoms with Gasteiger partial charge in [-0.1, -0.05) is 13.8 Å². The number of primary amides is 2. The van der Waals surface area contributed by atoms with Crippen LogP contribution in [0.25, 0.3) is 0 Å². The lowest BCUT2D eigenvalue weighted by atomic mass is 9.88. The summed E-state index contributed by atoms with van der Waals surface area (Å²) in [4.78, 5) is 51.5. The van der Waals surface area contributed by atoms with E-state index in [1.54, 1.807) is 0 Å². The topological polar surface area (TPSA) is 144 Å². The van der Waals surface area contributed by atoms with E-state index in [4.69, 9.17) is 11.5 Å². The predicted octanol–water partition coefficient (Wildman–Crippen LogP) is 2.83. The van der Waals surface area contributed by atoms with E-state index in [-0.39, 0.29) is 11.1 Å². The number of fused-ring (bicyclic) bond motifs is 2. The van der Waals surface area contributed by atoms with Gasteiger partial charge in [-0.05, 0) is 61.5 Å². The lowest BCUT2D eigenvalue weighted by Gasteiger charge is -2.18. The largest absolute Gasteiger partial charge is 0.365 e. The van der Waals surface area contributed by atoms with Gasteiger partial charge in [-0.15, -0.1) is 22.7 Å². The van der Waals surface area contributed by atoms with E-state index >= 15 is 0 Å². The van der Waals surface area contributed by atoms with Crippen LogP contribution in [0, 0.1) is 11.8 Å². The van der Waals surface area contributed by atoms with Crippen LogP contribution in [0.2, 0.25) is 0 Å². The highest BCUT2D eigenvalue weighted by atomic mass is 32.1. The average molecular weight is 475 g/mol. The molecule has 32 heavy (non-hydrogen) atoms. The molecule has 0 radical (unpaired) electrons. The van der Waals surface area contributed by atoms with E-state index in [1.807, 2.05) is 0 Å². The first-order chi connectivity index (χ1) is 15.2. The van der Waals surface area contributed by atoms with Gasteiger partial charge in [0.2, 0.25) is 0 Å². The smallest absolute Gasteiger partial charge is 0.314 e. The average Bonchev–Trinajstić information content (AvgIpc) is 3.24. The van der Waals surface area contributed by atoms with Crippen LogP contribution in [0.5, 0.6) is 0 Å². The summed E-state index contributed by atoms with van der Waals surface area (Å²) in [5.74, 6) is -2.13. The maximum Gasteiger partial charge on any atom is 0.314 e. The Morgan fingerprint density at radius 1 is 0.750 bits per heavy atom. The van der Waals surface area contributed by atoms with Crippen LogP contribution in [0.4, 0.5) is 10.0 Å². The third-order valence-corrected chi connectivity index (χ3v) is 8.52. The third-order valence-electron chi connectivity index (χ3n) is 6.18. The second-order valence-corrected chi connectivity index (χ2v) is 11.0. The number of amides is 4. The second-order valence-electron chi connectivity index (χ2n) is 8.75. The zero-order chi connectivity index (χ0) is 23.2. The zero-order valence-corrected chi connectivity index (χ0v) is 19.6. The van der Waals surface area contributed by atoms with Crippen molar-refractivity contribution in [3.8, 4) is 0 Å². The molecule has 10 heteroatoms.